The lowest BCUT2D eigenvalue weighted by molar-refractivity contribution is 0.600. The van der Waals surface area contributed by atoms with Gasteiger partial charge in [0.1, 0.15) is 24.3 Å². The minimum atomic E-state index is 0.808. The Morgan fingerprint density at radius 1 is 1.05 bits per heavy atom. The van der Waals surface area contributed by atoms with Gasteiger partial charge in [0.15, 0.2) is 11.3 Å². The summed E-state index contributed by atoms with van der Waals surface area (Å²) in [6.45, 7) is 9.24. The van der Waals surface area contributed by atoms with Crippen LogP contribution < -0.4 is 15.2 Å². The van der Waals surface area contributed by atoms with Crippen LogP contribution in [-0.2, 0) is 0 Å². The largest absolute Gasteiger partial charge is 0.452 e. The van der Waals surface area contributed by atoms with E-state index in [1.54, 1.807) is 0 Å². The van der Waals surface area contributed by atoms with Gasteiger partial charge in [-0.2, -0.15) is 0 Å². The number of benzene rings is 2. The van der Waals surface area contributed by atoms with E-state index in [-0.39, 0.29) is 0 Å². The molecule has 0 bridgehead atoms. The first kappa shape index (κ1) is 14.6. The fourth-order valence-corrected chi connectivity index (χ4v) is 2.71. The molecule has 1 aromatic carbocycles. The number of nitrogens with zero attached hydrogens (tertiary/aromatic N) is 2. The van der Waals surface area contributed by atoms with Crippen LogP contribution in [0.25, 0.3) is 22.6 Å². The summed E-state index contributed by atoms with van der Waals surface area (Å²) in [5.41, 5.74) is 3.63. The van der Waals surface area contributed by atoms with Crippen molar-refractivity contribution in [3.05, 3.63) is 41.8 Å². The van der Waals surface area contributed by atoms with Gasteiger partial charge >= 0.3 is 0 Å². The summed E-state index contributed by atoms with van der Waals surface area (Å²) < 4.78 is 8.38. The highest BCUT2D eigenvalue weighted by atomic mass is 16.3. The van der Waals surface area contributed by atoms with Gasteiger partial charge in [-0.3, -0.25) is 0 Å². The molecule has 0 aromatic heterocycles. The molecule has 114 valence electrons. The fraction of sp³-hybridized carbons (Fsp3) is 0.333. The number of hydrogen-bond donors (Lipinski definition) is 1. The molecule has 0 spiro atoms. The molecule has 4 heteroatoms. The maximum Gasteiger partial charge on any atom is 0.203 e. The molecule has 0 radical (unpaired) electrons. The molecule has 0 fully saturated rings. The molecule has 0 amide bonds. The van der Waals surface area contributed by atoms with Crippen LogP contribution in [0.4, 0.5) is 5.69 Å². The van der Waals surface area contributed by atoms with Crippen molar-refractivity contribution in [2.24, 2.45) is 0 Å². The van der Waals surface area contributed by atoms with Crippen molar-refractivity contribution in [1.29, 1.82) is 0 Å². The maximum absolute atomic E-state index is 6.08. The SMILES string of the molecule is CCNc1ccc2nc3ccc(=[N+](CC)CC)cc-3oc2c1. The van der Waals surface area contributed by atoms with E-state index in [1.165, 1.54) is 5.36 Å². The minimum absolute atomic E-state index is 0.808. The molecule has 1 aliphatic carbocycles. The van der Waals surface area contributed by atoms with Gasteiger partial charge in [-0.25, -0.2) is 9.56 Å². The van der Waals surface area contributed by atoms with Crippen molar-refractivity contribution < 1.29 is 4.42 Å². The molecule has 1 heterocycles. The van der Waals surface area contributed by atoms with Crippen molar-refractivity contribution in [1.82, 2.24) is 9.56 Å². The monoisotopic (exact) mass is 296 g/mol. The predicted molar refractivity (Wildman–Crippen MR) is 91.1 cm³/mol. The number of nitrogens with one attached hydrogen (secondary N) is 1. The van der Waals surface area contributed by atoms with E-state index in [2.05, 4.69) is 42.8 Å². The molecule has 0 saturated heterocycles. The van der Waals surface area contributed by atoms with E-state index < -0.39 is 0 Å². The average molecular weight is 296 g/mol. The number of fused-ring (bicyclic) bond motifs is 2. The van der Waals surface area contributed by atoms with Crippen LogP contribution in [0.2, 0.25) is 0 Å². The van der Waals surface area contributed by atoms with Crippen LogP contribution >= 0.6 is 0 Å². The van der Waals surface area contributed by atoms with E-state index in [4.69, 9.17) is 9.40 Å². The summed E-state index contributed by atoms with van der Waals surface area (Å²) in [7, 11) is 0. The van der Waals surface area contributed by atoms with Crippen LogP contribution in [0.3, 0.4) is 0 Å². The van der Waals surface area contributed by atoms with Crippen molar-refractivity contribution in [2.45, 2.75) is 20.8 Å². The second-order valence-corrected chi connectivity index (χ2v) is 5.25. The molecular weight excluding hydrogens is 274 g/mol. The summed E-state index contributed by atoms with van der Waals surface area (Å²) in [6.07, 6.45) is 0. The lowest BCUT2D eigenvalue weighted by Gasteiger charge is -2.08. The van der Waals surface area contributed by atoms with Crippen LogP contribution in [0.1, 0.15) is 20.8 Å². The number of anilines is 1. The van der Waals surface area contributed by atoms with Crippen molar-refractivity contribution in [3.8, 4) is 11.5 Å². The Balaban J connectivity index is 2.21. The predicted octanol–water partition coefficient (Wildman–Crippen LogP) is 3.18. The molecule has 4 nitrogen and oxygen atoms in total. The molecule has 22 heavy (non-hydrogen) atoms. The van der Waals surface area contributed by atoms with E-state index in [0.29, 0.717) is 0 Å². The van der Waals surface area contributed by atoms with Gasteiger partial charge in [-0.15, -0.1) is 0 Å². The minimum Gasteiger partial charge on any atom is -0.452 e. The van der Waals surface area contributed by atoms with E-state index in [1.807, 2.05) is 24.3 Å². The highest BCUT2D eigenvalue weighted by Crippen LogP contribution is 2.25. The summed E-state index contributed by atoms with van der Waals surface area (Å²) in [4.78, 5) is 4.69. The van der Waals surface area contributed by atoms with Gasteiger partial charge in [0.05, 0.1) is 6.07 Å². The maximum atomic E-state index is 6.08. The number of aromatic nitrogens is 1. The lowest BCUT2D eigenvalue weighted by atomic mass is 10.2. The highest BCUT2D eigenvalue weighted by Gasteiger charge is 2.11. The fourth-order valence-electron chi connectivity index (χ4n) is 2.71. The molecule has 1 aromatic rings. The Morgan fingerprint density at radius 2 is 1.86 bits per heavy atom. The van der Waals surface area contributed by atoms with Crippen molar-refractivity contribution in [3.63, 3.8) is 0 Å². The molecule has 0 atom stereocenters. The zero-order valence-electron chi connectivity index (χ0n) is 13.4. The third kappa shape index (κ3) is 2.69. The zero-order chi connectivity index (χ0) is 15.5. The highest BCUT2D eigenvalue weighted by molar-refractivity contribution is 5.79. The third-order valence-corrected chi connectivity index (χ3v) is 3.87. The van der Waals surface area contributed by atoms with Gasteiger partial charge in [-0.05, 0) is 39.0 Å². The van der Waals surface area contributed by atoms with Gasteiger partial charge in [0.2, 0.25) is 5.36 Å². The molecule has 1 aliphatic heterocycles. The molecule has 2 aliphatic rings. The third-order valence-electron chi connectivity index (χ3n) is 3.87. The molecule has 0 saturated carbocycles. The first-order valence-corrected chi connectivity index (χ1v) is 7.91. The quantitative estimate of drug-likeness (QED) is 0.594. The second kappa shape index (κ2) is 6.18. The smallest absolute Gasteiger partial charge is 0.203 e. The Bertz CT molecular complexity index is 829. The van der Waals surface area contributed by atoms with Crippen molar-refractivity contribution >= 4 is 16.8 Å². The lowest BCUT2D eigenvalue weighted by Crippen LogP contribution is -2.29. The van der Waals surface area contributed by atoms with Crippen LogP contribution in [0.5, 0.6) is 0 Å². The average Bonchev–Trinajstić information content (AvgIpc) is 2.54. The zero-order valence-corrected chi connectivity index (χ0v) is 13.4. The van der Waals surface area contributed by atoms with Crippen LogP contribution in [-0.4, -0.2) is 24.6 Å². The van der Waals surface area contributed by atoms with Gasteiger partial charge < -0.3 is 9.73 Å². The first-order chi connectivity index (χ1) is 10.7. The Hall–Kier alpha value is -2.36. The summed E-state index contributed by atoms with van der Waals surface area (Å²) in [6, 6.07) is 12.3. The first-order valence-electron chi connectivity index (χ1n) is 7.91. The van der Waals surface area contributed by atoms with Crippen molar-refractivity contribution in [2.75, 3.05) is 25.0 Å². The van der Waals surface area contributed by atoms with Gasteiger partial charge in [0, 0.05) is 24.4 Å². The number of hydrogen-bond acceptors (Lipinski definition) is 3. The molecule has 1 N–H and O–H groups in total. The summed E-state index contributed by atoms with van der Waals surface area (Å²) in [5.74, 6) is 0.825. The molecule has 3 rings (SSSR count). The van der Waals surface area contributed by atoms with Gasteiger partial charge in [-0.1, -0.05) is 0 Å². The van der Waals surface area contributed by atoms with Crippen LogP contribution in [0.15, 0.2) is 40.8 Å². The normalized spacial score (nSPS) is 11.0. The molecule has 0 unspecified atom stereocenters. The number of rotatable bonds is 4. The Kier molecular flexibility index (Phi) is 4.09. The van der Waals surface area contributed by atoms with Crippen LogP contribution in [0, 0.1) is 0 Å². The summed E-state index contributed by atoms with van der Waals surface area (Å²) >= 11 is 0. The summed E-state index contributed by atoms with van der Waals surface area (Å²) in [5, 5.41) is 4.47. The van der Waals surface area contributed by atoms with Gasteiger partial charge in [0.25, 0.3) is 0 Å². The Labute approximate surface area is 130 Å². The molecular formula is C18H22N3O+. The second-order valence-electron chi connectivity index (χ2n) is 5.25. The van der Waals surface area contributed by atoms with E-state index in [0.717, 1.165) is 47.9 Å². The van der Waals surface area contributed by atoms with E-state index >= 15 is 0 Å². The Morgan fingerprint density at radius 3 is 2.59 bits per heavy atom. The standard InChI is InChI=1S/C18H21N3O/c1-4-19-13-7-9-15-17(11-13)22-18-12-14(21(5-2)6-3)8-10-16(18)20-15/h7-12H,4-6H2,1-3H3/p+1. The van der Waals surface area contributed by atoms with E-state index in [9.17, 15) is 0 Å². The topological polar surface area (TPSA) is 41.1 Å².